The second-order valence-electron chi connectivity index (χ2n) is 4.02. The molecule has 5 nitrogen and oxygen atoms in total. The van der Waals surface area contributed by atoms with Crippen LogP contribution in [-0.2, 0) is 4.79 Å². The van der Waals surface area contributed by atoms with E-state index < -0.39 is 34.8 Å². The minimum absolute atomic E-state index is 0.101. The Morgan fingerprint density at radius 1 is 1.10 bits per heavy atom. The number of halogens is 3. The molecule has 8 heteroatoms. The summed E-state index contributed by atoms with van der Waals surface area (Å²) in [6.45, 7) is 0.325. The molecule has 0 atom stereocenters. The van der Waals surface area contributed by atoms with E-state index in [0.717, 1.165) is 6.07 Å². The molecule has 1 rings (SSSR count). The highest BCUT2D eigenvalue weighted by molar-refractivity contribution is 5.94. The minimum atomic E-state index is -1.70. The van der Waals surface area contributed by atoms with Gasteiger partial charge in [-0.2, -0.15) is 5.26 Å². The number of hydrogen-bond acceptors (Lipinski definition) is 3. The molecule has 0 unspecified atom stereocenters. The molecule has 0 spiro atoms. The predicted molar refractivity (Wildman–Crippen MR) is 66.5 cm³/mol. The molecule has 0 aliphatic heterocycles. The maximum Gasteiger partial charge on any atom is 0.254 e. The fourth-order valence-electron chi connectivity index (χ4n) is 1.45. The summed E-state index contributed by atoms with van der Waals surface area (Å²) in [5.74, 6) is -5.93. The molecule has 0 aromatic heterocycles. The van der Waals surface area contributed by atoms with Gasteiger partial charge in [-0.1, -0.05) is 0 Å². The van der Waals surface area contributed by atoms with Gasteiger partial charge >= 0.3 is 0 Å². The van der Waals surface area contributed by atoms with Crippen LogP contribution in [0, 0.1) is 28.8 Å². The van der Waals surface area contributed by atoms with Crippen LogP contribution >= 0.6 is 0 Å². The van der Waals surface area contributed by atoms with Crippen LogP contribution in [0.15, 0.2) is 12.1 Å². The van der Waals surface area contributed by atoms with Crippen molar-refractivity contribution in [2.75, 3.05) is 13.1 Å². The predicted octanol–water partition coefficient (Wildman–Crippen LogP) is 1.25. The van der Waals surface area contributed by atoms with Crippen molar-refractivity contribution < 1.29 is 22.8 Å². The molecule has 0 saturated carbocycles. The first-order chi connectivity index (χ1) is 9.97. The molecule has 112 valence electrons. The molecule has 0 heterocycles. The number of amides is 2. The van der Waals surface area contributed by atoms with Crippen LogP contribution in [0.1, 0.15) is 23.2 Å². The molecule has 0 aliphatic carbocycles. The summed E-state index contributed by atoms with van der Waals surface area (Å²) in [6, 6.07) is 3.18. The molecule has 1 aromatic rings. The topological polar surface area (TPSA) is 82.0 Å². The number of benzene rings is 1. The Morgan fingerprint density at radius 3 is 2.43 bits per heavy atom. The molecule has 0 saturated heterocycles. The summed E-state index contributed by atoms with van der Waals surface area (Å²) >= 11 is 0. The van der Waals surface area contributed by atoms with Crippen molar-refractivity contribution in [1.29, 1.82) is 5.26 Å². The SMILES string of the molecule is N#CCC(=O)NCCCNC(=O)c1ccc(F)c(F)c1F. The average Bonchev–Trinajstić information content (AvgIpc) is 2.44. The van der Waals surface area contributed by atoms with E-state index >= 15 is 0 Å². The van der Waals surface area contributed by atoms with E-state index in [1.807, 2.05) is 0 Å². The molecule has 0 bridgehead atoms. The Morgan fingerprint density at radius 2 is 1.76 bits per heavy atom. The standard InChI is InChI=1S/C13H12F3N3O2/c14-9-3-2-8(11(15)12(9)16)13(21)19-7-1-6-18-10(20)4-5-17/h2-3H,1,4,6-7H2,(H,18,20)(H,19,21). The van der Waals surface area contributed by atoms with Gasteiger partial charge in [-0.3, -0.25) is 9.59 Å². The molecular weight excluding hydrogens is 287 g/mol. The Kier molecular flexibility index (Phi) is 6.20. The fraction of sp³-hybridized carbons (Fsp3) is 0.308. The van der Waals surface area contributed by atoms with Gasteiger partial charge in [-0.05, 0) is 18.6 Å². The number of carbonyl (C=O) groups is 2. The van der Waals surface area contributed by atoms with Crippen LogP contribution in [-0.4, -0.2) is 24.9 Å². The first-order valence-electron chi connectivity index (χ1n) is 6.02. The van der Waals surface area contributed by atoms with E-state index in [-0.39, 0.29) is 19.5 Å². The maximum atomic E-state index is 13.3. The highest BCUT2D eigenvalue weighted by atomic mass is 19.2. The second-order valence-corrected chi connectivity index (χ2v) is 4.02. The number of hydrogen-bond donors (Lipinski definition) is 2. The Balaban J connectivity index is 2.40. The molecular formula is C13H12F3N3O2. The lowest BCUT2D eigenvalue weighted by Crippen LogP contribution is -2.30. The quantitative estimate of drug-likeness (QED) is 0.613. The first-order valence-corrected chi connectivity index (χ1v) is 6.02. The van der Waals surface area contributed by atoms with Crippen LogP contribution in [0.25, 0.3) is 0 Å². The van der Waals surface area contributed by atoms with Crippen molar-refractivity contribution in [3.63, 3.8) is 0 Å². The zero-order chi connectivity index (χ0) is 15.8. The van der Waals surface area contributed by atoms with Crippen molar-refractivity contribution in [2.45, 2.75) is 12.8 Å². The van der Waals surface area contributed by atoms with E-state index in [0.29, 0.717) is 12.5 Å². The lowest BCUT2D eigenvalue weighted by Gasteiger charge is -2.07. The van der Waals surface area contributed by atoms with Gasteiger partial charge in [-0.15, -0.1) is 0 Å². The normalized spacial score (nSPS) is 9.81. The molecule has 0 aliphatic rings. The number of carbonyl (C=O) groups excluding carboxylic acids is 2. The summed E-state index contributed by atoms with van der Waals surface area (Å²) < 4.78 is 39.0. The monoisotopic (exact) mass is 299 g/mol. The van der Waals surface area contributed by atoms with Crippen LogP contribution in [0.3, 0.4) is 0 Å². The average molecular weight is 299 g/mol. The van der Waals surface area contributed by atoms with E-state index in [1.54, 1.807) is 6.07 Å². The van der Waals surface area contributed by atoms with Crippen molar-refractivity contribution in [3.05, 3.63) is 35.1 Å². The third-order valence-electron chi connectivity index (χ3n) is 2.48. The maximum absolute atomic E-state index is 13.3. The van der Waals surface area contributed by atoms with Gasteiger partial charge in [0.1, 0.15) is 6.42 Å². The van der Waals surface area contributed by atoms with Gasteiger partial charge in [0.15, 0.2) is 17.5 Å². The van der Waals surface area contributed by atoms with Crippen molar-refractivity contribution in [1.82, 2.24) is 10.6 Å². The third-order valence-corrected chi connectivity index (χ3v) is 2.48. The summed E-state index contributed by atoms with van der Waals surface area (Å²) in [5, 5.41) is 13.0. The van der Waals surface area contributed by atoms with Crippen molar-refractivity contribution >= 4 is 11.8 Å². The summed E-state index contributed by atoms with van der Waals surface area (Å²) in [6.07, 6.45) is 0.0840. The van der Waals surface area contributed by atoms with Gasteiger partial charge in [0.05, 0.1) is 11.6 Å². The first kappa shape index (κ1) is 16.5. The molecule has 21 heavy (non-hydrogen) atoms. The molecule has 2 amide bonds. The number of rotatable bonds is 6. The van der Waals surface area contributed by atoms with Crippen LogP contribution < -0.4 is 10.6 Å². The Labute approximate surface area is 118 Å². The van der Waals surface area contributed by atoms with E-state index in [9.17, 15) is 22.8 Å². The molecule has 2 N–H and O–H groups in total. The second kappa shape index (κ2) is 7.89. The van der Waals surface area contributed by atoms with Crippen LogP contribution in [0.5, 0.6) is 0 Å². The zero-order valence-corrected chi connectivity index (χ0v) is 10.9. The molecule has 0 fully saturated rings. The largest absolute Gasteiger partial charge is 0.355 e. The van der Waals surface area contributed by atoms with Gasteiger partial charge in [0.25, 0.3) is 5.91 Å². The number of nitrogens with one attached hydrogen (secondary N) is 2. The smallest absolute Gasteiger partial charge is 0.254 e. The summed E-state index contributed by atoms with van der Waals surface area (Å²) in [5.41, 5.74) is -0.595. The lowest BCUT2D eigenvalue weighted by atomic mass is 10.2. The van der Waals surface area contributed by atoms with Gasteiger partial charge in [0, 0.05) is 13.1 Å². The lowest BCUT2D eigenvalue weighted by molar-refractivity contribution is -0.120. The highest BCUT2D eigenvalue weighted by Crippen LogP contribution is 2.14. The van der Waals surface area contributed by atoms with Crippen molar-refractivity contribution in [3.8, 4) is 6.07 Å². The minimum Gasteiger partial charge on any atom is -0.355 e. The van der Waals surface area contributed by atoms with Crippen LogP contribution in [0.2, 0.25) is 0 Å². The van der Waals surface area contributed by atoms with Crippen LogP contribution in [0.4, 0.5) is 13.2 Å². The van der Waals surface area contributed by atoms with Gasteiger partial charge in [-0.25, -0.2) is 13.2 Å². The van der Waals surface area contributed by atoms with E-state index in [2.05, 4.69) is 10.6 Å². The zero-order valence-electron chi connectivity index (χ0n) is 10.9. The molecule has 0 radical (unpaired) electrons. The Bertz CT molecular complexity index is 585. The summed E-state index contributed by atoms with van der Waals surface area (Å²) in [4.78, 5) is 22.5. The fourth-order valence-corrected chi connectivity index (χ4v) is 1.45. The van der Waals surface area contributed by atoms with Gasteiger partial charge in [0.2, 0.25) is 5.91 Å². The third kappa shape index (κ3) is 4.80. The summed E-state index contributed by atoms with van der Waals surface area (Å²) in [7, 11) is 0. The van der Waals surface area contributed by atoms with E-state index in [1.165, 1.54) is 0 Å². The number of nitrogens with zero attached hydrogens (tertiary/aromatic N) is 1. The van der Waals surface area contributed by atoms with Crippen molar-refractivity contribution in [2.24, 2.45) is 0 Å². The Hall–Kier alpha value is -2.56. The molecule has 1 aromatic carbocycles. The highest BCUT2D eigenvalue weighted by Gasteiger charge is 2.18. The number of nitriles is 1. The van der Waals surface area contributed by atoms with Gasteiger partial charge < -0.3 is 10.6 Å². The van der Waals surface area contributed by atoms with E-state index in [4.69, 9.17) is 5.26 Å².